The van der Waals surface area contributed by atoms with Gasteiger partial charge >= 0.3 is 0 Å². The molecule has 106 valence electrons. The Labute approximate surface area is 127 Å². The van der Waals surface area contributed by atoms with E-state index >= 15 is 0 Å². The minimum absolute atomic E-state index is 0.141. The number of H-pyrrole nitrogens is 1. The summed E-state index contributed by atoms with van der Waals surface area (Å²) in [6.45, 7) is 0. The molecule has 0 bridgehead atoms. The van der Waals surface area contributed by atoms with Crippen LogP contribution in [0.5, 0.6) is 0 Å². The highest BCUT2D eigenvalue weighted by Crippen LogP contribution is 2.22. The van der Waals surface area contributed by atoms with E-state index in [0.717, 1.165) is 11.1 Å². The Kier molecular flexibility index (Phi) is 2.97. The zero-order chi connectivity index (χ0) is 14.9. The van der Waals surface area contributed by atoms with Gasteiger partial charge in [-0.3, -0.25) is 4.79 Å². The molecule has 0 unspecified atom stereocenters. The van der Waals surface area contributed by atoms with Crippen LogP contribution >= 0.6 is 0 Å². The van der Waals surface area contributed by atoms with Crippen molar-refractivity contribution >= 4 is 21.5 Å². The predicted molar refractivity (Wildman–Crippen MR) is 89.1 cm³/mol. The second-order valence-electron chi connectivity index (χ2n) is 5.36. The van der Waals surface area contributed by atoms with E-state index in [9.17, 15) is 4.79 Å². The zero-order valence-corrected chi connectivity index (χ0v) is 11.9. The molecule has 0 fully saturated rings. The summed E-state index contributed by atoms with van der Waals surface area (Å²) in [5.41, 5.74) is 1.96. The predicted octanol–water partition coefficient (Wildman–Crippen LogP) is 3.67. The maximum atomic E-state index is 11.9. The molecule has 4 rings (SSSR count). The van der Waals surface area contributed by atoms with Crippen LogP contribution in [0, 0.1) is 0 Å². The molecule has 1 aromatic heterocycles. The number of aromatic amines is 1. The Bertz CT molecular complexity index is 1030. The number of nitrogens with zero attached hydrogens (tertiary/aromatic N) is 1. The van der Waals surface area contributed by atoms with Gasteiger partial charge in [0.15, 0.2) is 0 Å². The number of aromatic nitrogens is 2. The Hall–Kier alpha value is -2.94. The minimum atomic E-state index is -0.141. The topological polar surface area (TPSA) is 45.8 Å². The van der Waals surface area contributed by atoms with Crippen molar-refractivity contribution in [2.45, 2.75) is 6.42 Å². The fraction of sp³-hybridized carbons (Fsp3) is 0.0526. The molecule has 3 heteroatoms. The first-order valence-corrected chi connectivity index (χ1v) is 7.26. The van der Waals surface area contributed by atoms with E-state index in [1.807, 2.05) is 36.4 Å². The molecule has 0 aliphatic heterocycles. The van der Waals surface area contributed by atoms with Gasteiger partial charge in [0.25, 0.3) is 5.56 Å². The number of nitrogens with one attached hydrogen (secondary N) is 1. The van der Waals surface area contributed by atoms with Crippen molar-refractivity contribution in [3.05, 3.63) is 88.3 Å². The summed E-state index contributed by atoms with van der Waals surface area (Å²) in [6, 6.07) is 22.2. The van der Waals surface area contributed by atoms with Crippen molar-refractivity contribution in [1.82, 2.24) is 10.2 Å². The Balaban J connectivity index is 1.90. The summed E-state index contributed by atoms with van der Waals surface area (Å²) < 4.78 is 0. The third kappa shape index (κ3) is 2.07. The molecule has 1 heterocycles. The summed E-state index contributed by atoms with van der Waals surface area (Å²) in [4.78, 5) is 11.9. The molecule has 0 saturated carbocycles. The first-order chi connectivity index (χ1) is 10.8. The molecule has 0 radical (unpaired) electrons. The second-order valence-corrected chi connectivity index (χ2v) is 5.36. The lowest BCUT2D eigenvalue weighted by atomic mass is 9.99. The fourth-order valence-electron chi connectivity index (χ4n) is 2.93. The van der Waals surface area contributed by atoms with Crippen LogP contribution in [0.25, 0.3) is 21.5 Å². The van der Waals surface area contributed by atoms with Crippen LogP contribution in [-0.2, 0) is 6.42 Å². The fourth-order valence-corrected chi connectivity index (χ4v) is 2.93. The van der Waals surface area contributed by atoms with E-state index < -0.39 is 0 Å². The van der Waals surface area contributed by atoms with E-state index in [2.05, 4.69) is 40.5 Å². The molecule has 0 aliphatic carbocycles. The van der Waals surface area contributed by atoms with Crippen LogP contribution < -0.4 is 5.56 Å². The van der Waals surface area contributed by atoms with Crippen molar-refractivity contribution in [2.24, 2.45) is 0 Å². The van der Waals surface area contributed by atoms with Gasteiger partial charge in [0.2, 0.25) is 0 Å². The lowest BCUT2D eigenvalue weighted by Crippen LogP contribution is -2.11. The van der Waals surface area contributed by atoms with Crippen LogP contribution in [0.4, 0.5) is 0 Å². The summed E-state index contributed by atoms with van der Waals surface area (Å²) in [7, 11) is 0. The van der Waals surface area contributed by atoms with Crippen LogP contribution in [0.15, 0.2) is 71.5 Å². The third-order valence-corrected chi connectivity index (χ3v) is 4.01. The lowest BCUT2D eigenvalue weighted by Gasteiger charge is -2.08. The smallest absolute Gasteiger partial charge is 0.267 e. The highest BCUT2D eigenvalue weighted by molar-refractivity contribution is 5.87. The number of rotatable bonds is 2. The minimum Gasteiger partial charge on any atom is -0.267 e. The molecule has 22 heavy (non-hydrogen) atoms. The molecule has 3 aromatic carbocycles. The molecule has 0 saturated heterocycles. The molecule has 0 spiro atoms. The molecule has 0 atom stereocenters. The van der Waals surface area contributed by atoms with Crippen molar-refractivity contribution in [2.75, 3.05) is 0 Å². The van der Waals surface area contributed by atoms with Crippen LogP contribution in [0.3, 0.4) is 0 Å². The third-order valence-electron chi connectivity index (χ3n) is 4.01. The Morgan fingerprint density at radius 2 is 1.45 bits per heavy atom. The van der Waals surface area contributed by atoms with Gasteiger partial charge in [-0.1, -0.05) is 60.7 Å². The molecule has 4 aromatic rings. The quantitative estimate of drug-likeness (QED) is 0.611. The van der Waals surface area contributed by atoms with Gasteiger partial charge in [-0.2, -0.15) is 5.10 Å². The number of hydrogen-bond acceptors (Lipinski definition) is 2. The van der Waals surface area contributed by atoms with E-state index in [-0.39, 0.29) is 5.56 Å². The van der Waals surface area contributed by atoms with Crippen molar-refractivity contribution in [1.29, 1.82) is 0 Å². The SMILES string of the molecule is O=c1[nH]nc(Cc2cccc3ccccc23)c2ccccc12. The summed E-state index contributed by atoms with van der Waals surface area (Å²) in [5.74, 6) is 0. The number of fused-ring (bicyclic) bond motifs is 2. The number of hydrogen-bond donors (Lipinski definition) is 1. The van der Waals surface area contributed by atoms with Gasteiger partial charge in [-0.05, 0) is 22.4 Å². The molecule has 1 N–H and O–H groups in total. The maximum Gasteiger partial charge on any atom is 0.272 e. The Morgan fingerprint density at radius 1 is 0.773 bits per heavy atom. The second kappa shape index (κ2) is 5.11. The highest BCUT2D eigenvalue weighted by atomic mass is 16.1. The van der Waals surface area contributed by atoms with E-state index in [0.29, 0.717) is 11.8 Å². The van der Waals surface area contributed by atoms with Gasteiger partial charge in [-0.15, -0.1) is 0 Å². The van der Waals surface area contributed by atoms with Gasteiger partial charge in [0.1, 0.15) is 0 Å². The largest absolute Gasteiger partial charge is 0.272 e. The maximum absolute atomic E-state index is 11.9. The van der Waals surface area contributed by atoms with Crippen LogP contribution in [0.1, 0.15) is 11.3 Å². The molecule has 3 nitrogen and oxygen atoms in total. The lowest BCUT2D eigenvalue weighted by molar-refractivity contribution is 0.936. The van der Waals surface area contributed by atoms with Gasteiger partial charge in [0, 0.05) is 11.8 Å². The van der Waals surface area contributed by atoms with Gasteiger partial charge in [0.05, 0.1) is 11.1 Å². The summed E-state index contributed by atoms with van der Waals surface area (Å²) >= 11 is 0. The van der Waals surface area contributed by atoms with Crippen molar-refractivity contribution in [3.8, 4) is 0 Å². The molecule has 0 aliphatic rings. The highest BCUT2D eigenvalue weighted by Gasteiger charge is 2.08. The normalized spacial score (nSPS) is 11.1. The van der Waals surface area contributed by atoms with Crippen LogP contribution in [-0.4, -0.2) is 10.2 Å². The molecular weight excluding hydrogens is 272 g/mol. The number of benzene rings is 3. The first-order valence-electron chi connectivity index (χ1n) is 7.26. The summed E-state index contributed by atoms with van der Waals surface area (Å²) in [6.07, 6.45) is 0.693. The van der Waals surface area contributed by atoms with Gasteiger partial charge in [-0.25, -0.2) is 5.10 Å². The molecule has 0 amide bonds. The van der Waals surface area contributed by atoms with Crippen LogP contribution in [0.2, 0.25) is 0 Å². The van der Waals surface area contributed by atoms with Crippen molar-refractivity contribution in [3.63, 3.8) is 0 Å². The zero-order valence-electron chi connectivity index (χ0n) is 11.9. The average molecular weight is 286 g/mol. The average Bonchev–Trinajstić information content (AvgIpc) is 2.58. The monoisotopic (exact) mass is 286 g/mol. The van der Waals surface area contributed by atoms with E-state index in [1.165, 1.54) is 16.3 Å². The van der Waals surface area contributed by atoms with E-state index in [4.69, 9.17) is 0 Å². The van der Waals surface area contributed by atoms with E-state index in [1.54, 1.807) is 0 Å². The summed E-state index contributed by atoms with van der Waals surface area (Å²) in [5, 5.41) is 10.9. The van der Waals surface area contributed by atoms with Crippen molar-refractivity contribution < 1.29 is 0 Å². The first kappa shape index (κ1) is 12.8. The Morgan fingerprint density at radius 3 is 2.32 bits per heavy atom. The standard InChI is InChI=1S/C19H14N2O/c22-19-17-11-4-3-10-16(17)18(20-21-19)12-14-8-5-7-13-6-1-2-9-15(13)14/h1-11H,12H2,(H,21,22). The van der Waals surface area contributed by atoms with Gasteiger partial charge < -0.3 is 0 Å². The molecular formula is C19H14N2O.